The van der Waals surface area contributed by atoms with Gasteiger partial charge in [-0.05, 0) is 51.8 Å². The molecule has 0 fully saturated rings. The van der Waals surface area contributed by atoms with Gasteiger partial charge in [-0.15, -0.1) is 0 Å². The number of ketones is 1. The number of aromatic nitrogens is 2. The molecule has 0 aliphatic heterocycles. The maximum atomic E-state index is 12.2. The van der Waals surface area contributed by atoms with Gasteiger partial charge in [-0.25, -0.2) is 0 Å². The minimum atomic E-state index is 0.00549. The number of furan rings is 1. The molecular formula is C12H12Br2N2O2. The summed E-state index contributed by atoms with van der Waals surface area (Å²) >= 11 is 6.70. The second-order valence-corrected chi connectivity index (χ2v) is 5.38. The summed E-state index contributed by atoms with van der Waals surface area (Å²) in [6.45, 7) is 4.65. The second kappa shape index (κ2) is 5.40. The van der Waals surface area contributed by atoms with Crippen molar-refractivity contribution in [1.82, 2.24) is 9.78 Å². The van der Waals surface area contributed by atoms with Gasteiger partial charge in [0.15, 0.2) is 10.5 Å². The Labute approximate surface area is 122 Å². The van der Waals surface area contributed by atoms with Gasteiger partial charge in [0.2, 0.25) is 0 Å². The van der Waals surface area contributed by atoms with Gasteiger partial charge < -0.3 is 4.42 Å². The molecule has 6 heteroatoms. The highest BCUT2D eigenvalue weighted by Gasteiger charge is 2.19. The van der Waals surface area contributed by atoms with Gasteiger partial charge >= 0.3 is 0 Å². The Kier molecular flexibility index (Phi) is 4.07. The van der Waals surface area contributed by atoms with Gasteiger partial charge in [0, 0.05) is 6.54 Å². The summed E-state index contributed by atoms with van der Waals surface area (Å²) in [6.07, 6.45) is 1.79. The van der Waals surface area contributed by atoms with Gasteiger partial charge in [0.1, 0.15) is 0 Å². The molecule has 0 aromatic carbocycles. The third-order valence-corrected chi connectivity index (χ3v) is 4.34. The van der Waals surface area contributed by atoms with Gasteiger partial charge in [-0.3, -0.25) is 9.48 Å². The zero-order valence-corrected chi connectivity index (χ0v) is 13.2. The fraction of sp³-hybridized carbons (Fsp3) is 0.333. The van der Waals surface area contributed by atoms with E-state index < -0.39 is 0 Å². The van der Waals surface area contributed by atoms with Gasteiger partial charge in [0.25, 0.3) is 0 Å². The van der Waals surface area contributed by atoms with Crippen LogP contribution in [0.5, 0.6) is 0 Å². The Morgan fingerprint density at radius 1 is 1.50 bits per heavy atom. The number of carbonyl (C=O) groups is 1. The molecule has 2 aromatic heterocycles. The van der Waals surface area contributed by atoms with E-state index >= 15 is 0 Å². The number of nitrogens with zero attached hydrogens (tertiary/aromatic N) is 2. The van der Waals surface area contributed by atoms with E-state index in [2.05, 4.69) is 37.0 Å². The average molecular weight is 376 g/mol. The molecule has 2 rings (SSSR count). The molecular weight excluding hydrogens is 364 g/mol. The van der Waals surface area contributed by atoms with Crippen molar-refractivity contribution in [2.24, 2.45) is 0 Å². The number of rotatable bonds is 4. The van der Waals surface area contributed by atoms with Crippen molar-refractivity contribution in [3.8, 4) is 0 Å². The normalized spacial score (nSPS) is 10.9. The Balaban J connectivity index is 2.30. The molecule has 0 unspecified atom stereocenters. The van der Waals surface area contributed by atoms with E-state index in [0.717, 1.165) is 22.4 Å². The number of halogens is 2. The largest absolute Gasteiger partial charge is 0.457 e. The van der Waals surface area contributed by atoms with Crippen molar-refractivity contribution in [2.75, 3.05) is 0 Å². The van der Waals surface area contributed by atoms with Crippen LogP contribution in [0, 0.1) is 6.92 Å². The zero-order valence-electron chi connectivity index (χ0n) is 10.0. The smallest absolute Gasteiger partial charge is 0.179 e. The third-order valence-electron chi connectivity index (χ3n) is 2.70. The molecule has 18 heavy (non-hydrogen) atoms. The summed E-state index contributed by atoms with van der Waals surface area (Å²) in [5.41, 5.74) is 2.35. The van der Waals surface area contributed by atoms with Crippen LogP contribution in [0.4, 0.5) is 0 Å². The molecule has 0 saturated heterocycles. The van der Waals surface area contributed by atoms with Crippen LogP contribution < -0.4 is 0 Å². The minimum Gasteiger partial charge on any atom is -0.457 e. The lowest BCUT2D eigenvalue weighted by molar-refractivity contribution is 0.0988. The lowest BCUT2D eigenvalue weighted by Crippen LogP contribution is -2.10. The molecule has 0 bridgehead atoms. The van der Waals surface area contributed by atoms with Crippen LogP contribution in [-0.4, -0.2) is 15.6 Å². The van der Waals surface area contributed by atoms with Crippen LogP contribution >= 0.6 is 31.9 Å². The summed E-state index contributed by atoms with van der Waals surface area (Å²) < 4.78 is 8.29. The van der Waals surface area contributed by atoms with E-state index in [1.165, 1.54) is 6.26 Å². The number of hydrogen-bond acceptors (Lipinski definition) is 3. The van der Waals surface area contributed by atoms with Crippen LogP contribution in [0.2, 0.25) is 0 Å². The highest BCUT2D eigenvalue weighted by Crippen LogP contribution is 2.25. The number of Topliss-reactive ketones (excluding diaryl/α,β-unsaturated/α-hetero) is 1. The molecule has 4 nitrogen and oxygen atoms in total. The summed E-state index contributed by atoms with van der Waals surface area (Å²) in [5.74, 6) is 0.00549. The van der Waals surface area contributed by atoms with E-state index in [0.29, 0.717) is 16.7 Å². The molecule has 96 valence electrons. The van der Waals surface area contributed by atoms with E-state index in [-0.39, 0.29) is 5.78 Å². The molecule has 0 amide bonds. The van der Waals surface area contributed by atoms with Gasteiger partial charge in [0.05, 0.1) is 34.1 Å². The van der Waals surface area contributed by atoms with E-state index in [1.807, 2.05) is 18.5 Å². The highest BCUT2D eigenvalue weighted by molar-refractivity contribution is 9.10. The Hall–Kier alpha value is -0.880. The number of carbonyl (C=O) groups excluding carboxylic acids is 1. The average Bonchev–Trinajstić information content (AvgIpc) is 2.87. The van der Waals surface area contributed by atoms with Crippen molar-refractivity contribution in [1.29, 1.82) is 0 Å². The predicted molar refractivity (Wildman–Crippen MR) is 74.8 cm³/mol. The first-order valence-electron chi connectivity index (χ1n) is 5.52. The molecule has 0 saturated carbocycles. The Morgan fingerprint density at radius 3 is 2.78 bits per heavy atom. The fourth-order valence-electron chi connectivity index (χ4n) is 1.78. The summed E-state index contributed by atoms with van der Waals surface area (Å²) in [6, 6.07) is 1.67. The quantitative estimate of drug-likeness (QED) is 0.764. The first kappa shape index (κ1) is 13.5. The SMILES string of the molecule is CCn1nc(C)c(Br)c1CC(=O)c1ccoc1Br. The second-order valence-electron chi connectivity index (χ2n) is 3.87. The topological polar surface area (TPSA) is 48.0 Å². The van der Waals surface area contributed by atoms with Crippen molar-refractivity contribution < 1.29 is 9.21 Å². The summed E-state index contributed by atoms with van der Waals surface area (Å²) in [4.78, 5) is 12.2. The van der Waals surface area contributed by atoms with Crippen molar-refractivity contribution >= 4 is 37.6 Å². The molecule has 2 aromatic rings. The first-order valence-corrected chi connectivity index (χ1v) is 7.11. The lowest BCUT2D eigenvalue weighted by atomic mass is 10.1. The molecule has 0 radical (unpaired) electrons. The Morgan fingerprint density at radius 2 is 2.22 bits per heavy atom. The highest BCUT2D eigenvalue weighted by atomic mass is 79.9. The molecule has 2 heterocycles. The summed E-state index contributed by atoms with van der Waals surface area (Å²) in [5, 5.41) is 4.37. The molecule has 0 spiro atoms. The first-order chi connectivity index (χ1) is 8.54. The van der Waals surface area contributed by atoms with Gasteiger partial charge in [-0.2, -0.15) is 5.10 Å². The number of aryl methyl sites for hydroxylation is 2. The third kappa shape index (κ3) is 2.44. The monoisotopic (exact) mass is 374 g/mol. The predicted octanol–water partition coefficient (Wildman–Crippen LogP) is 3.75. The Bertz CT molecular complexity index is 587. The molecule has 0 atom stereocenters. The van der Waals surface area contributed by atoms with Crippen LogP contribution in [0.1, 0.15) is 28.7 Å². The van der Waals surface area contributed by atoms with Crippen LogP contribution in [0.3, 0.4) is 0 Å². The maximum absolute atomic E-state index is 12.2. The fourth-order valence-corrected chi connectivity index (χ4v) is 2.66. The maximum Gasteiger partial charge on any atom is 0.179 e. The summed E-state index contributed by atoms with van der Waals surface area (Å²) in [7, 11) is 0. The molecule has 0 N–H and O–H groups in total. The van der Waals surface area contributed by atoms with Crippen molar-refractivity contribution in [3.63, 3.8) is 0 Å². The van der Waals surface area contributed by atoms with Crippen LogP contribution in [-0.2, 0) is 13.0 Å². The van der Waals surface area contributed by atoms with Crippen molar-refractivity contribution in [2.45, 2.75) is 26.8 Å². The zero-order chi connectivity index (χ0) is 13.3. The van der Waals surface area contributed by atoms with E-state index in [9.17, 15) is 4.79 Å². The standard InChI is InChI=1S/C12H12Br2N2O2/c1-3-16-9(11(13)7(2)15-16)6-10(17)8-4-5-18-12(8)14/h4-5H,3,6H2,1-2H3. The molecule has 0 aliphatic carbocycles. The minimum absolute atomic E-state index is 0.00549. The van der Waals surface area contributed by atoms with Crippen molar-refractivity contribution in [3.05, 3.63) is 38.4 Å². The van der Waals surface area contributed by atoms with E-state index in [4.69, 9.17) is 4.42 Å². The number of hydrogen-bond donors (Lipinski definition) is 0. The lowest BCUT2D eigenvalue weighted by Gasteiger charge is -2.04. The van der Waals surface area contributed by atoms with Crippen LogP contribution in [0.25, 0.3) is 0 Å². The van der Waals surface area contributed by atoms with Crippen LogP contribution in [0.15, 0.2) is 25.9 Å². The molecule has 0 aliphatic rings. The van der Waals surface area contributed by atoms with Gasteiger partial charge in [-0.1, -0.05) is 0 Å². The van der Waals surface area contributed by atoms with E-state index in [1.54, 1.807) is 6.07 Å².